The smallest absolute Gasteiger partial charge is 0.325 e. The van der Waals surface area contributed by atoms with Crippen LogP contribution < -0.4 is 10.1 Å². The van der Waals surface area contributed by atoms with Crippen LogP contribution in [0, 0.1) is 10.1 Å². The van der Waals surface area contributed by atoms with Gasteiger partial charge in [-0.3, -0.25) is 19.8 Å². The molecule has 150 valence electrons. The van der Waals surface area contributed by atoms with Gasteiger partial charge in [-0.1, -0.05) is 30.3 Å². The summed E-state index contributed by atoms with van der Waals surface area (Å²) < 4.78 is 10.7. The number of nitrogens with one attached hydrogen (secondary N) is 1. The number of amides is 3. The lowest BCUT2D eigenvalue weighted by atomic mass is 10.0. The zero-order chi connectivity index (χ0) is 20.4. The molecule has 4 rings (SSSR count). The van der Waals surface area contributed by atoms with Crippen LogP contribution in [0.25, 0.3) is 0 Å². The first-order valence-electron chi connectivity index (χ1n) is 9.19. The number of ether oxygens (including phenoxy) is 2. The molecule has 1 unspecified atom stereocenters. The van der Waals surface area contributed by atoms with Gasteiger partial charge in [0, 0.05) is 23.3 Å². The second kappa shape index (κ2) is 7.88. The average Bonchev–Trinajstić information content (AvgIpc) is 3.00. The van der Waals surface area contributed by atoms with E-state index in [1.165, 1.54) is 12.1 Å². The molecule has 1 N–H and O–H groups in total. The van der Waals surface area contributed by atoms with Crippen molar-refractivity contribution in [1.82, 2.24) is 10.2 Å². The van der Waals surface area contributed by atoms with Crippen LogP contribution in [0.1, 0.15) is 23.1 Å². The van der Waals surface area contributed by atoms with Gasteiger partial charge in [-0.15, -0.1) is 0 Å². The van der Waals surface area contributed by atoms with Crippen LogP contribution >= 0.6 is 0 Å². The number of carbonyl (C=O) groups excluding carboxylic acids is 2. The Morgan fingerprint density at radius 3 is 2.76 bits per heavy atom. The minimum absolute atomic E-state index is 0.0116. The van der Waals surface area contributed by atoms with Crippen LogP contribution in [-0.4, -0.2) is 34.6 Å². The van der Waals surface area contributed by atoms with Crippen molar-refractivity contribution in [2.45, 2.75) is 32.0 Å². The first-order chi connectivity index (χ1) is 14.0. The highest BCUT2D eigenvalue weighted by Gasteiger charge is 2.38. The lowest BCUT2D eigenvalue weighted by molar-refractivity contribution is -0.385. The summed E-state index contributed by atoms with van der Waals surface area (Å²) in [4.78, 5) is 37.0. The molecular weight excluding hydrogens is 378 g/mol. The fourth-order valence-electron chi connectivity index (χ4n) is 3.55. The van der Waals surface area contributed by atoms with E-state index >= 15 is 0 Å². The number of fused-ring (bicyclic) bond motifs is 1. The number of carbonyl (C=O) groups is 2. The van der Waals surface area contributed by atoms with Crippen molar-refractivity contribution in [3.05, 3.63) is 69.3 Å². The molecule has 0 bridgehead atoms. The molecule has 0 spiro atoms. The zero-order valence-electron chi connectivity index (χ0n) is 15.5. The Balaban J connectivity index is 1.52. The highest BCUT2D eigenvalue weighted by atomic mass is 16.7. The van der Waals surface area contributed by atoms with Gasteiger partial charge >= 0.3 is 6.03 Å². The third-order valence-electron chi connectivity index (χ3n) is 4.98. The number of hydrogen-bond acceptors (Lipinski definition) is 6. The SMILES string of the molecule is O=C1NC(CCc2ccccc2)C(=O)N1Cc1cc([N+](=O)[O-])cc2c1OCOC2. The van der Waals surface area contributed by atoms with Crippen molar-refractivity contribution < 1.29 is 24.0 Å². The molecule has 2 heterocycles. The molecule has 9 heteroatoms. The minimum atomic E-state index is -0.624. The Bertz CT molecular complexity index is 962. The number of hydrogen-bond donors (Lipinski definition) is 1. The van der Waals surface area contributed by atoms with Crippen molar-refractivity contribution in [3.8, 4) is 5.75 Å². The summed E-state index contributed by atoms with van der Waals surface area (Å²) in [5, 5.41) is 13.9. The van der Waals surface area contributed by atoms with Crippen molar-refractivity contribution >= 4 is 17.6 Å². The zero-order valence-corrected chi connectivity index (χ0v) is 15.5. The Morgan fingerprint density at radius 2 is 2.00 bits per heavy atom. The van der Waals surface area contributed by atoms with E-state index in [1.807, 2.05) is 30.3 Å². The summed E-state index contributed by atoms with van der Waals surface area (Å²) in [6, 6.07) is 11.3. The molecule has 0 aromatic heterocycles. The van der Waals surface area contributed by atoms with Gasteiger partial charge in [0.05, 0.1) is 18.1 Å². The molecule has 29 heavy (non-hydrogen) atoms. The fourth-order valence-corrected chi connectivity index (χ4v) is 3.55. The van der Waals surface area contributed by atoms with Gasteiger partial charge in [-0.2, -0.15) is 0 Å². The van der Waals surface area contributed by atoms with Crippen LogP contribution in [0.15, 0.2) is 42.5 Å². The summed E-state index contributed by atoms with van der Waals surface area (Å²) in [6.45, 7) is 0.0814. The van der Waals surface area contributed by atoms with Crippen LogP contribution in [0.4, 0.5) is 10.5 Å². The van der Waals surface area contributed by atoms with Gasteiger partial charge in [0.15, 0.2) is 6.79 Å². The molecule has 3 amide bonds. The third-order valence-corrected chi connectivity index (χ3v) is 4.98. The van der Waals surface area contributed by atoms with Gasteiger partial charge in [-0.05, 0) is 18.4 Å². The molecule has 2 aromatic rings. The molecule has 9 nitrogen and oxygen atoms in total. The molecule has 1 atom stereocenters. The van der Waals surface area contributed by atoms with Crippen molar-refractivity contribution in [2.75, 3.05) is 6.79 Å². The van der Waals surface area contributed by atoms with Crippen LogP contribution in [-0.2, 0) is 29.1 Å². The maximum Gasteiger partial charge on any atom is 0.325 e. The van der Waals surface area contributed by atoms with E-state index < -0.39 is 17.0 Å². The van der Waals surface area contributed by atoms with E-state index in [-0.39, 0.29) is 31.5 Å². The van der Waals surface area contributed by atoms with Crippen LogP contribution in [0.3, 0.4) is 0 Å². The Morgan fingerprint density at radius 1 is 1.21 bits per heavy atom. The standard InChI is InChI=1S/C20H19N3O6/c24-19-17(7-6-13-4-2-1-3-5-13)21-20(25)22(19)10-14-8-16(23(26)27)9-15-11-28-12-29-18(14)15/h1-5,8-9,17H,6-7,10-12H2,(H,21,25). The van der Waals surface area contributed by atoms with Gasteiger partial charge < -0.3 is 14.8 Å². The molecule has 0 saturated carbocycles. The number of non-ortho nitro benzene ring substituents is 1. The van der Waals surface area contributed by atoms with E-state index in [0.29, 0.717) is 29.7 Å². The van der Waals surface area contributed by atoms with Crippen LogP contribution in [0.5, 0.6) is 5.75 Å². The molecule has 0 radical (unpaired) electrons. The predicted molar refractivity (Wildman–Crippen MR) is 101 cm³/mol. The number of urea groups is 1. The predicted octanol–water partition coefficient (Wildman–Crippen LogP) is 2.51. The van der Waals surface area contributed by atoms with Gasteiger partial charge in [0.1, 0.15) is 11.8 Å². The highest BCUT2D eigenvalue weighted by Crippen LogP contribution is 2.34. The van der Waals surface area contributed by atoms with E-state index in [0.717, 1.165) is 10.5 Å². The number of nitro groups is 1. The number of aryl methyl sites for hydroxylation is 1. The highest BCUT2D eigenvalue weighted by molar-refractivity contribution is 6.04. The molecule has 2 aliphatic rings. The van der Waals surface area contributed by atoms with Gasteiger partial charge in [-0.25, -0.2) is 4.79 Å². The number of benzene rings is 2. The monoisotopic (exact) mass is 397 g/mol. The van der Waals surface area contributed by atoms with E-state index in [1.54, 1.807) is 0 Å². The second-order valence-corrected chi connectivity index (χ2v) is 6.91. The van der Waals surface area contributed by atoms with Crippen LogP contribution in [0.2, 0.25) is 0 Å². The molecule has 0 aliphatic carbocycles. The molecule has 1 saturated heterocycles. The summed E-state index contributed by atoms with van der Waals surface area (Å²) in [5.74, 6) is 0.0773. The largest absolute Gasteiger partial charge is 0.467 e. The topological polar surface area (TPSA) is 111 Å². The van der Waals surface area contributed by atoms with Gasteiger partial charge in [0.2, 0.25) is 0 Å². The molecular formula is C20H19N3O6. The number of nitrogens with zero attached hydrogens (tertiary/aromatic N) is 2. The molecule has 1 fully saturated rings. The quantitative estimate of drug-likeness (QED) is 0.455. The summed E-state index contributed by atoms with van der Waals surface area (Å²) in [5.41, 5.74) is 1.87. The maximum absolute atomic E-state index is 12.8. The normalized spacial score (nSPS) is 18.2. The Kier molecular flexibility index (Phi) is 5.13. The number of rotatable bonds is 6. The first-order valence-corrected chi connectivity index (χ1v) is 9.19. The van der Waals surface area contributed by atoms with Crippen molar-refractivity contribution in [3.63, 3.8) is 0 Å². The first kappa shape index (κ1) is 18.9. The second-order valence-electron chi connectivity index (χ2n) is 6.91. The third kappa shape index (κ3) is 3.90. The maximum atomic E-state index is 12.8. The van der Waals surface area contributed by atoms with E-state index in [9.17, 15) is 19.7 Å². The minimum Gasteiger partial charge on any atom is -0.467 e. The summed E-state index contributed by atoms with van der Waals surface area (Å²) >= 11 is 0. The lowest BCUT2D eigenvalue weighted by Gasteiger charge is -2.22. The summed E-state index contributed by atoms with van der Waals surface area (Å²) in [7, 11) is 0. The van der Waals surface area contributed by atoms with E-state index in [4.69, 9.17) is 9.47 Å². The fraction of sp³-hybridized carbons (Fsp3) is 0.300. The van der Waals surface area contributed by atoms with Crippen molar-refractivity contribution in [1.29, 1.82) is 0 Å². The molecule has 2 aliphatic heterocycles. The van der Waals surface area contributed by atoms with Gasteiger partial charge in [0.25, 0.3) is 11.6 Å². The average molecular weight is 397 g/mol. The Hall–Kier alpha value is -3.46. The lowest BCUT2D eigenvalue weighted by Crippen LogP contribution is -2.31. The number of nitro benzene ring substituents is 1. The Labute approximate surface area is 166 Å². The van der Waals surface area contributed by atoms with E-state index in [2.05, 4.69) is 5.32 Å². The molecule has 2 aromatic carbocycles. The number of imide groups is 1. The summed E-state index contributed by atoms with van der Waals surface area (Å²) in [6.07, 6.45) is 1.13. The van der Waals surface area contributed by atoms with Crippen molar-refractivity contribution in [2.24, 2.45) is 0 Å².